The lowest BCUT2D eigenvalue weighted by molar-refractivity contribution is -0.275. The van der Waals surface area contributed by atoms with E-state index >= 15 is 0 Å². The molecule has 3 nitrogen and oxygen atoms in total. The van der Waals surface area contributed by atoms with Crippen molar-refractivity contribution < 1.29 is 27.4 Å². The normalized spacial score (nSPS) is 14.7. The maximum absolute atomic E-state index is 12.1. The smallest absolute Gasteiger partial charge is 0.493 e. The highest BCUT2D eigenvalue weighted by molar-refractivity contribution is 6.01. The molecule has 1 aromatic carbocycles. The molecule has 0 N–H and O–H groups in total. The Hall–Kier alpha value is -1.72. The Kier molecular flexibility index (Phi) is 2.73. The molecule has 0 spiro atoms. The van der Waals surface area contributed by atoms with Crippen LogP contribution in [0.3, 0.4) is 0 Å². The van der Waals surface area contributed by atoms with Crippen LogP contribution in [0, 0.1) is 0 Å². The van der Waals surface area contributed by atoms with E-state index in [1.807, 2.05) is 0 Å². The molecule has 0 heterocycles. The number of benzene rings is 1. The second-order valence-corrected chi connectivity index (χ2v) is 3.63. The molecule has 1 aromatic rings. The molecule has 17 heavy (non-hydrogen) atoms. The first-order valence-electron chi connectivity index (χ1n) is 4.90. The van der Waals surface area contributed by atoms with Crippen molar-refractivity contribution in [1.82, 2.24) is 0 Å². The molecule has 0 bridgehead atoms. The van der Waals surface area contributed by atoms with Gasteiger partial charge >= 0.3 is 6.36 Å². The average Bonchev–Trinajstić information content (AvgIpc) is 2.57. The third kappa shape index (κ3) is 2.35. The van der Waals surface area contributed by atoms with E-state index in [2.05, 4.69) is 4.74 Å². The molecule has 0 fully saturated rings. The lowest BCUT2D eigenvalue weighted by atomic mass is 10.1. The van der Waals surface area contributed by atoms with Crippen molar-refractivity contribution in [2.45, 2.75) is 19.2 Å². The zero-order valence-electron chi connectivity index (χ0n) is 8.93. The van der Waals surface area contributed by atoms with Crippen molar-refractivity contribution in [2.75, 3.05) is 7.11 Å². The molecule has 0 atom stereocenters. The summed E-state index contributed by atoms with van der Waals surface area (Å²) in [6.07, 6.45) is -3.96. The van der Waals surface area contributed by atoms with E-state index in [1.165, 1.54) is 13.2 Å². The summed E-state index contributed by atoms with van der Waals surface area (Å²) in [7, 11) is 1.25. The van der Waals surface area contributed by atoms with Gasteiger partial charge in [0.25, 0.3) is 0 Å². The highest BCUT2D eigenvalue weighted by Crippen LogP contribution is 2.37. The number of ketones is 1. The van der Waals surface area contributed by atoms with Crippen molar-refractivity contribution in [2.24, 2.45) is 0 Å². The molecular formula is C11H9F3O3. The fourth-order valence-corrected chi connectivity index (χ4v) is 1.82. The van der Waals surface area contributed by atoms with Gasteiger partial charge < -0.3 is 9.47 Å². The van der Waals surface area contributed by atoms with Crippen LogP contribution in [0.2, 0.25) is 0 Å². The number of ether oxygens (including phenoxy) is 2. The topological polar surface area (TPSA) is 35.5 Å². The van der Waals surface area contributed by atoms with Crippen molar-refractivity contribution >= 4 is 5.78 Å². The molecular weight excluding hydrogens is 237 g/mol. The van der Waals surface area contributed by atoms with Gasteiger partial charge in [0.2, 0.25) is 0 Å². The minimum atomic E-state index is -4.80. The highest BCUT2D eigenvalue weighted by Gasteiger charge is 2.34. The molecule has 92 valence electrons. The quantitative estimate of drug-likeness (QED) is 0.804. The predicted octanol–water partition coefficient (Wildman–Crippen LogP) is 2.72. The van der Waals surface area contributed by atoms with Gasteiger partial charge in [-0.1, -0.05) is 0 Å². The minimum absolute atomic E-state index is 0.0178. The maximum atomic E-state index is 12.1. The molecule has 0 amide bonds. The Bertz CT molecular complexity index is 466. The largest absolute Gasteiger partial charge is 0.573 e. The van der Waals surface area contributed by atoms with Gasteiger partial charge in [0.05, 0.1) is 7.11 Å². The molecule has 0 unspecified atom stereocenters. The summed E-state index contributed by atoms with van der Waals surface area (Å²) in [5, 5.41) is 0. The molecule has 0 aromatic heterocycles. The van der Waals surface area contributed by atoms with Gasteiger partial charge in [0.15, 0.2) is 17.3 Å². The molecule has 1 aliphatic carbocycles. The number of hydrogen-bond acceptors (Lipinski definition) is 3. The Labute approximate surface area is 95.1 Å². The first kappa shape index (κ1) is 11.8. The van der Waals surface area contributed by atoms with Crippen LogP contribution in [-0.4, -0.2) is 19.3 Å². The Morgan fingerprint density at radius 2 is 1.88 bits per heavy atom. The predicted molar refractivity (Wildman–Crippen MR) is 52.3 cm³/mol. The van der Waals surface area contributed by atoms with Crippen LogP contribution < -0.4 is 9.47 Å². The van der Waals surface area contributed by atoms with Crippen molar-refractivity contribution in [1.29, 1.82) is 0 Å². The van der Waals surface area contributed by atoms with Gasteiger partial charge in [-0.3, -0.25) is 4.79 Å². The van der Waals surface area contributed by atoms with Crippen LogP contribution in [0.25, 0.3) is 0 Å². The third-order valence-corrected chi connectivity index (χ3v) is 2.54. The summed E-state index contributed by atoms with van der Waals surface area (Å²) < 4.78 is 45.1. The number of methoxy groups -OCH3 is 1. The third-order valence-electron chi connectivity index (χ3n) is 2.54. The summed E-state index contributed by atoms with van der Waals surface area (Å²) in [4.78, 5) is 11.4. The van der Waals surface area contributed by atoms with Gasteiger partial charge in [0, 0.05) is 12.0 Å². The zero-order valence-corrected chi connectivity index (χ0v) is 8.93. The fraction of sp³-hybridized carbons (Fsp3) is 0.364. The molecule has 0 aliphatic heterocycles. The van der Waals surface area contributed by atoms with Crippen LogP contribution in [0.15, 0.2) is 12.1 Å². The molecule has 0 saturated heterocycles. The monoisotopic (exact) mass is 246 g/mol. The second-order valence-electron chi connectivity index (χ2n) is 3.63. The number of rotatable bonds is 2. The van der Waals surface area contributed by atoms with Crippen LogP contribution in [-0.2, 0) is 6.42 Å². The lowest BCUT2D eigenvalue weighted by Gasteiger charge is -2.13. The first-order chi connectivity index (χ1) is 7.90. The molecule has 1 aliphatic rings. The van der Waals surface area contributed by atoms with E-state index in [1.54, 1.807) is 0 Å². The summed E-state index contributed by atoms with van der Waals surface area (Å²) >= 11 is 0. The standard InChI is InChI=1S/C11H9F3O3/c1-16-9-4-6-2-3-8(15)7(6)5-10(9)17-11(12,13)14/h4-5H,2-3H2,1H3. The van der Waals surface area contributed by atoms with E-state index in [-0.39, 0.29) is 17.1 Å². The molecule has 0 radical (unpaired) electrons. The van der Waals surface area contributed by atoms with Crippen molar-refractivity contribution in [3.8, 4) is 11.5 Å². The van der Waals surface area contributed by atoms with Gasteiger partial charge in [-0.25, -0.2) is 0 Å². The summed E-state index contributed by atoms with van der Waals surface area (Å²) in [5.74, 6) is -0.667. The number of carbonyl (C=O) groups is 1. The van der Waals surface area contributed by atoms with Gasteiger partial charge in [-0.05, 0) is 24.1 Å². The van der Waals surface area contributed by atoms with Gasteiger partial charge in [-0.15, -0.1) is 13.2 Å². The number of Topliss-reactive ketones (excluding diaryl/α,β-unsaturated/α-hetero) is 1. The number of fused-ring (bicyclic) bond motifs is 1. The number of alkyl halides is 3. The second kappa shape index (κ2) is 3.94. The minimum Gasteiger partial charge on any atom is -0.493 e. The summed E-state index contributed by atoms with van der Waals surface area (Å²) in [6.45, 7) is 0. The number of hydrogen-bond donors (Lipinski definition) is 0. The summed E-state index contributed by atoms with van der Waals surface area (Å²) in [6, 6.07) is 2.51. The van der Waals surface area contributed by atoms with Crippen LogP contribution in [0.4, 0.5) is 13.2 Å². The average molecular weight is 246 g/mol. The van der Waals surface area contributed by atoms with Crippen LogP contribution in [0.5, 0.6) is 11.5 Å². The molecule has 0 saturated carbocycles. The van der Waals surface area contributed by atoms with Crippen LogP contribution in [0.1, 0.15) is 22.3 Å². The lowest BCUT2D eigenvalue weighted by Crippen LogP contribution is -2.18. The maximum Gasteiger partial charge on any atom is 0.573 e. The number of carbonyl (C=O) groups excluding carboxylic acids is 1. The first-order valence-corrected chi connectivity index (χ1v) is 4.90. The Balaban J connectivity index is 2.44. The fourth-order valence-electron chi connectivity index (χ4n) is 1.82. The van der Waals surface area contributed by atoms with Gasteiger partial charge in [0.1, 0.15) is 0 Å². The summed E-state index contributed by atoms with van der Waals surface area (Å²) in [5.41, 5.74) is 0.978. The number of halogens is 3. The van der Waals surface area contributed by atoms with E-state index in [9.17, 15) is 18.0 Å². The molecule has 6 heteroatoms. The highest BCUT2D eigenvalue weighted by atomic mass is 19.4. The van der Waals surface area contributed by atoms with Gasteiger partial charge in [-0.2, -0.15) is 0 Å². The van der Waals surface area contributed by atoms with Crippen molar-refractivity contribution in [3.63, 3.8) is 0 Å². The van der Waals surface area contributed by atoms with Crippen LogP contribution >= 0.6 is 0 Å². The van der Waals surface area contributed by atoms with E-state index in [4.69, 9.17) is 4.74 Å². The van der Waals surface area contributed by atoms with Crippen molar-refractivity contribution in [3.05, 3.63) is 23.3 Å². The van der Waals surface area contributed by atoms with E-state index in [0.29, 0.717) is 18.4 Å². The Morgan fingerprint density at radius 3 is 2.47 bits per heavy atom. The van der Waals surface area contributed by atoms with E-state index < -0.39 is 12.1 Å². The Morgan fingerprint density at radius 1 is 1.18 bits per heavy atom. The molecule has 2 rings (SSSR count). The SMILES string of the molecule is COc1cc2c(cc1OC(F)(F)F)C(=O)CC2. The van der Waals surface area contributed by atoms with E-state index in [0.717, 1.165) is 6.07 Å². The zero-order chi connectivity index (χ0) is 12.6. The number of aryl methyl sites for hydroxylation is 1.